The molecule has 2 rings (SSSR count). The number of benzene rings is 2. The van der Waals surface area contributed by atoms with Crippen molar-refractivity contribution in [2.45, 2.75) is 19.4 Å². The van der Waals surface area contributed by atoms with E-state index < -0.39 is 0 Å². The summed E-state index contributed by atoms with van der Waals surface area (Å²) in [7, 11) is 1.95. The standard InChI is InChI=1S/C16H17ClFN/c1-3-16(19-2)13-6-4-5-11(9-13)12-7-8-15(18)14(17)10-12/h4-10,16,19H,3H2,1-2H3. The fourth-order valence-electron chi connectivity index (χ4n) is 2.22. The summed E-state index contributed by atoms with van der Waals surface area (Å²) in [5.41, 5.74) is 3.20. The van der Waals surface area contributed by atoms with Crippen LogP contribution in [0.3, 0.4) is 0 Å². The first-order valence-electron chi connectivity index (χ1n) is 6.38. The van der Waals surface area contributed by atoms with Gasteiger partial charge in [0, 0.05) is 6.04 Å². The summed E-state index contributed by atoms with van der Waals surface area (Å²) in [5, 5.41) is 3.44. The van der Waals surface area contributed by atoms with E-state index in [1.165, 1.54) is 11.6 Å². The summed E-state index contributed by atoms with van der Waals surface area (Å²) in [6.45, 7) is 2.14. The normalized spacial score (nSPS) is 12.4. The topological polar surface area (TPSA) is 12.0 Å². The van der Waals surface area contributed by atoms with Gasteiger partial charge in [0.2, 0.25) is 0 Å². The maximum atomic E-state index is 13.2. The zero-order valence-electron chi connectivity index (χ0n) is 11.1. The average Bonchev–Trinajstić information content (AvgIpc) is 2.44. The Hall–Kier alpha value is -1.38. The van der Waals surface area contributed by atoms with Gasteiger partial charge in [-0.25, -0.2) is 4.39 Å². The summed E-state index contributed by atoms with van der Waals surface area (Å²) in [5.74, 6) is -0.386. The molecule has 2 aromatic rings. The van der Waals surface area contributed by atoms with Crippen molar-refractivity contribution >= 4 is 11.6 Å². The highest BCUT2D eigenvalue weighted by molar-refractivity contribution is 6.31. The molecule has 0 aliphatic carbocycles. The number of hydrogen-bond acceptors (Lipinski definition) is 1. The molecule has 0 saturated carbocycles. The third-order valence-electron chi connectivity index (χ3n) is 3.30. The van der Waals surface area contributed by atoms with Gasteiger partial charge in [-0.15, -0.1) is 0 Å². The lowest BCUT2D eigenvalue weighted by Gasteiger charge is -2.15. The van der Waals surface area contributed by atoms with E-state index in [1.807, 2.05) is 19.2 Å². The maximum Gasteiger partial charge on any atom is 0.141 e. The van der Waals surface area contributed by atoms with E-state index in [9.17, 15) is 4.39 Å². The zero-order chi connectivity index (χ0) is 13.8. The highest BCUT2D eigenvalue weighted by Gasteiger charge is 2.08. The van der Waals surface area contributed by atoms with Gasteiger partial charge in [0.25, 0.3) is 0 Å². The van der Waals surface area contributed by atoms with Crippen LogP contribution in [0.2, 0.25) is 5.02 Å². The molecule has 1 atom stereocenters. The van der Waals surface area contributed by atoms with Crippen LogP contribution >= 0.6 is 11.6 Å². The average molecular weight is 278 g/mol. The molecule has 0 aliphatic rings. The Labute approximate surface area is 118 Å². The fraction of sp³-hybridized carbons (Fsp3) is 0.250. The third-order valence-corrected chi connectivity index (χ3v) is 3.59. The molecule has 0 saturated heterocycles. The Bertz CT molecular complexity index is 564. The Morgan fingerprint density at radius 2 is 1.89 bits per heavy atom. The van der Waals surface area contributed by atoms with Crippen molar-refractivity contribution in [3.05, 3.63) is 58.9 Å². The molecule has 2 aromatic carbocycles. The fourth-order valence-corrected chi connectivity index (χ4v) is 2.40. The van der Waals surface area contributed by atoms with Crippen LogP contribution in [-0.4, -0.2) is 7.05 Å². The Morgan fingerprint density at radius 3 is 2.53 bits per heavy atom. The van der Waals surface area contributed by atoms with Crippen LogP contribution in [0, 0.1) is 5.82 Å². The lowest BCUT2D eigenvalue weighted by Crippen LogP contribution is -2.15. The molecule has 0 fully saturated rings. The first-order valence-corrected chi connectivity index (χ1v) is 6.76. The second-order valence-electron chi connectivity index (χ2n) is 4.50. The molecule has 0 bridgehead atoms. The van der Waals surface area contributed by atoms with Gasteiger partial charge in [-0.05, 0) is 48.4 Å². The van der Waals surface area contributed by atoms with E-state index in [2.05, 4.69) is 24.4 Å². The minimum Gasteiger partial charge on any atom is -0.313 e. The van der Waals surface area contributed by atoms with Crippen molar-refractivity contribution in [3.8, 4) is 11.1 Å². The number of nitrogens with one attached hydrogen (secondary N) is 1. The minimum absolute atomic E-state index is 0.156. The molecule has 19 heavy (non-hydrogen) atoms. The lowest BCUT2D eigenvalue weighted by atomic mass is 9.98. The highest BCUT2D eigenvalue weighted by atomic mass is 35.5. The first-order chi connectivity index (χ1) is 9.15. The van der Waals surface area contributed by atoms with Crippen LogP contribution in [0.15, 0.2) is 42.5 Å². The molecule has 1 N–H and O–H groups in total. The molecule has 0 amide bonds. The maximum absolute atomic E-state index is 13.2. The van der Waals surface area contributed by atoms with Crippen LogP contribution in [0.1, 0.15) is 24.9 Å². The molecule has 1 nitrogen and oxygen atoms in total. The summed E-state index contributed by atoms with van der Waals surface area (Å²) < 4.78 is 13.2. The van der Waals surface area contributed by atoms with Gasteiger partial charge in [0.15, 0.2) is 0 Å². The Morgan fingerprint density at radius 1 is 1.16 bits per heavy atom. The van der Waals surface area contributed by atoms with Crippen LogP contribution in [-0.2, 0) is 0 Å². The number of rotatable bonds is 4. The number of hydrogen-bond donors (Lipinski definition) is 1. The van der Waals surface area contributed by atoms with E-state index in [-0.39, 0.29) is 10.8 Å². The van der Waals surface area contributed by atoms with Crippen LogP contribution in [0.4, 0.5) is 4.39 Å². The van der Waals surface area contributed by atoms with Crippen molar-refractivity contribution in [2.75, 3.05) is 7.05 Å². The molecule has 0 radical (unpaired) electrons. The van der Waals surface area contributed by atoms with Crippen molar-refractivity contribution in [3.63, 3.8) is 0 Å². The summed E-state index contributed by atoms with van der Waals surface area (Å²) in [6, 6.07) is 13.4. The molecular weight excluding hydrogens is 261 g/mol. The van der Waals surface area contributed by atoms with Crippen molar-refractivity contribution in [2.24, 2.45) is 0 Å². The van der Waals surface area contributed by atoms with Crippen LogP contribution in [0.25, 0.3) is 11.1 Å². The second kappa shape index (κ2) is 6.18. The van der Waals surface area contributed by atoms with E-state index in [0.717, 1.165) is 17.5 Å². The molecule has 3 heteroatoms. The molecule has 0 heterocycles. The smallest absolute Gasteiger partial charge is 0.141 e. The monoisotopic (exact) mass is 277 g/mol. The summed E-state index contributed by atoms with van der Waals surface area (Å²) in [4.78, 5) is 0. The molecule has 1 unspecified atom stereocenters. The van der Waals surface area contributed by atoms with E-state index in [4.69, 9.17) is 11.6 Å². The van der Waals surface area contributed by atoms with Crippen LogP contribution < -0.4 is 5.32 Å². The van der Waals surface area contributed by atoms with Gasteiger partial charge in [0.05, 0.1) is 5.02 Å². The largest absolute Gasteiger partial charge is 0.313 e. The molecule has 0 aliphatic heterocycles. The summed E-state index contributed by atoms with van der Waals surface area (Å²) >= 11 is 5.83. The van der Waals surface area contributed by atoms with Gasteiger partial charge in [-0.3, -0.25) is 0 Å². The Kier molecular flexibility index (Phi) is 4.56. The van der Waals surface area contributed by atoms with Crippen LogP contribution in [0.5, 0.6) is 0 Å². The molecular formula is C16H17ClFN. The van der Waals surface area contributed by atoms with Gasteiger partial charge < -0.3 is 5.32 Å². The number of halogens is 2. The third kappa shape index (κ3) is 3.14. The summed E-state index contributed by atoms with van der Waals surface area (Å²) in [6.07, 6.45) is 1.02. The van der Waals surface area contributed by atoms with Crippen molar-refractivity contribution in [1.82, 2.24) is 5.32 Å². The molecule has 0 spiro atoms. The zero-order valence-corrected chi connectivity index (χ0v) is 11.8. The van der Waals surface area contributed by atoms with Gasteiger partial charge in [-0.2, -0.15) is 0 Å². The highest BCUT2D eigenvalue weighted by Crippen LogP contribution is 2.27. The van der Waals surface area contributed by atoms with E-state index >= 15 is 0 Å². The minimum atomic E-state index is -0.386. The molecule has 0 aromatic heterocycles. The second-order valence-corrected chi connectivity index (χ2v) is 4.91. The lowest BCUT2D eigenvalue weighted by molar-refractivity contribution is 0.577. The predicted molar refractivity (Wildman–Crippen MR) is 78.9 cm³/mol. The predicted octanol–water partition coefficient (Wildman–Crippen LogP) is 4.82. The van der Waals surface area contributed by atoms with Gasteiger partial charge >= 0.3 is 0 Å². The van der Waals surface area contributed by atoms with Gasteiger partial charge in [0.1, 0.15) is 5.82 Å². The SMILES string of the molecule is CCC(NC)c1cccc(-c2ccc(F)c(Cl)c2)c1. The Balaban J connectivity index is 2.40. The first kappa shape index (κ1) is 14.0. The quantitative estimate of drug-likeness (QED) is 0.845. The molecule has 100 valence electrons. The van der Waals surface area contributed by atoms with Crippen molar-refractivity contribution in [1.29, 1.82) is 0 Å². The van der Waals surface area contributed by atoms with Gasteiger partial charge in [-0.1, -0.05) is 42.8 Å². The van der Waals surface area contributed by atoms with Crippen molar-refractivity contribution < 1.29 is 4.39 Å². The van der Waals surface area contributed by atoms with E-state index in [0.29, 0.717) is 6.04 Å². The van der Waals surface area contributed by atoms with E-state index in [1.54, 1.807) is 12.1 Å².